The minimum Gasteiger partial charge on any atom is -0.336 e. The lowest BCUT2D eigenvalue weighted by atomic mass is 10.1. The van der Waals surface area contributed by atoms with Crippen molar-refractivity contribution in [1.29, 1.82) is 0 Å². The van der Waals surface area contributed by atoms with E-state index >= 15 is 0 Å². The predicted octanol–water partition coefficient (Wildman–Crippen LogP) is 1.72. The highest BCUT2D eigenvalue weighted by atomic mass is 35.5. The fraction of sp³-hybridized carbons (Fsp3) is 0.467. The van der Waals surface area contributed by atoms with Gasteiger partial charge in [0.2, 0.25) is 11.8 Å². The van der Waals surface area contributed by atoms with Gasteiger partial charge in [-0.3, -0.25) is 9.59 Å². The SMILES string of the molecule is Cc1cccc(C)c1NC(=O)CN(C)C(=O)C(C)CN.Cl. The summed E-state index contributed by atoms with van der Waals surface area (Å²) in [5, 5.41) is 2.86. The Labute approximate surface area is 132 Å². The second-order valence-electron chi connectivity index (χ2n) is 5.15. The molecule has 1 atom stereocenters. The van der Waals surface area contributed by atoms with Gasteiger partial charge in [-0.05, 0) is 25.0 Å². The summed E-state index contributed by atoms with van der Waals surface area (Å²) in [7, 11) is 1.61. The van der Waals surface area contributed by atoms with Crippen LogP contribution in [0.5, 0.6) is 0 Å². The van der Waals surface area contributed by atoms with Crippen LogP contribution < -0.4 is 11.1 Å². The molecule has 0 heterocycles. The number of nitrogens with two attached hydrogens (primary N) is 1. The normalized spacial score (nSPS) is 11.3. The molecule has 0 aromatic heterocycles. The number of nitrogens with zero attached hydrogens (tertiary/aromatic N) is 1. The average molecular weight is 314 g/mol. The molecule has 1 rings (SSSR count). The highest BCUT2D eigenvalue weighted by molar-refractivity contribution is 5.95. The first-order valence-electron chi connectivity index (χ1n) is 6.68. The molecular formula is C15H24ClN3O2. The summed E-state index contributed by atoms with van der Waals surface area (Å²) in [5.41, 5.74) is 8.27. The van der Waals surface area contributed by atoms with Crippen LogP contribution in [-0.4, -0.2) is 36.9 Å². The zero-order valence-electron chi connectivity index (χ0n) is 13.0. The van der Waals surface area contributed by atoms with Crippen LogP contribution in [0.2, 0.25) is 0 Å². The van der Waals surface area contributed by atoms with Crippen LogP contribution in [0, 0.1) is 19.8 Å². The number of carbonyl (C=O) groups is 2. The van der Waals surface area contributed by atoms with Crippen molar-refractivity contribution in [3.05, 3.63) is 29.3 Å². The molecule has 5 nitrogen and oxygen atoms in total. The Balaban J connectivity index is 0.00000400. The van der Waals surface area contributed by atoms with Crippen molar-refractivity contribution in [1.82, 2.24) is 4.90 Å². The molecule has 0 aliphatic carbocycles. The smallest absolute Gasteiger partial charge is 0.243 e. The van der Waals surface area contributed by atoms with E-state index < -0.39 is 0 Å². The molecule has 3 N–H and O–H groups in total. The van der Waals surface area contributed by atoms with Crippen molar-refractivity contribution >= 4 is 29.9 Å². The van der Waals surface area contributed by atoms with Crippen LogP contribution in [0.25, 0.3) is 0 Å². The molecule has 1 aromatic carbocycles. The number of nitrogens with one attached hydrogen (secondary N) is 1. The number of anilines is 1. The summed E-state index contributed by atoms with van der Waals surface area (Å²) in [6.07, 6.45) is 0. The second-order valence-corrected chi connectivity index (χ2v) is 5.15. The van der Waals surface area contributed by atoms with Gasteiger partial charge in [-0.15, -0.1) is 12.4 Å². The lowest BCUT2D eigenvalue weighted by molar-refractivity contribution is -0.136. The highest BCUT2D eigenvalue weighted by Gasteiger charge is 2.18. The van der Waals surface area contributed by atoms with Gasteiger partial charge >= 0.3 is 0 Å². The predicted molar refractivity (Wildman–Crippen MR) is 87.6 cm³/mol. The Morgan fingerprint density at radius 1 is 1.29 bits per heavy atom. The number of rotatable bonds is 5. The van der Waals surface area contributed by atoms with Crippen LogP contribution in [0.1, 0.15) is 18.1 Å². The highest BCUT2D eigenvalue weighted by Crippen LogP contribution is 2.19. The Morgan fingerprint density at radius 3 is 2.29 bits per heavy atom. The van der Waals surface area contributed by atoms with Gasteiger partial charge in [-0.1, -0.05) is 25.1 Å². The Bertz CT molecular complexity index is 485. The minimum absolute atomic E-state index is 0. The lowest BCUT2D eigenvalue weighted by Crippen LogP contribution is -2.39. The van der Waals surface area contributed by atoms with Gasteiger partial charge in [0.05, 0.1) is 6.54 Å². The van der Waals surface area contributed by atoms with Crippen LogP contribution in [0.3, 0.4) is 0 Å². The van der Waals surface area contributed by atoms with Gasteiger partial charge in [0, 0.05) is 25.2 Å². The molecule has 118 valence electrons. The number of hydrogen-bond donors (Lipinski definition) is 2. The van der Waals surface area contributed by atoms with E-state index in [0.717, 1.165) is 16.8 Å². The quantitative estimate of drug-likeness (QED) is 0.869. The summed E-state index contributed by atoms with van der Waals surface area (Å²) in [6, 6.07) is 5.82. The molecular weight excluding hydrogens is 290 g/mol. The first-order chi connectivity index (χ1) is 9.36. The molecule has 1 unspecified atom stereocenters. The summed E-state index contributed by atoms with van der Waals surface area (Å²) in [4.78, 5) is 25.3. The van der Waals surface area contributed by atoms with Crippen molar-refractivity contribution in [3.8, 4) is 0 Å². The van der Waals surface area contributed by atoms with Crippen molar-refractivity contribution in [3.63, 3.8) is 0 Å². The Hall–Kier alpha value is -1.59. The molecule has 0 saturated heterocycles. The van der Waals surface area contributed by atoms with Crippen LogP contribution >= 0.6 is 12.4 Å². The zero-order valence-corrected chi connectivity index (χ0v) is 13.8. The second kappa shape index (κ2) is 8.64. The summed E-state index contributed by atoms with van der Waals surface area (Å²) < 4.78 is 0. The minimum atomic E-state index is -0.270. The van der Waals surface area contributed by atoms with Crippen molar-refractivity contribution < 1.29 is 9.59 Å². The van der Waals surface area contributed by atoms with E-state index in [0.29, 0.717) is 0 Å². The summed E-state index contributed by atoms with van der Waals surface area (Å²) in [5.74, 6) is -0.598. The van der Waals surface area contributed by atoms with Crippen molar-refractivity contribution in [2.75, 3.05) is 25.5 Å². The molecule has 0 aliphatic heterocycles. The molecule has 2 amide bonds. The first kappa shape index (κ1) is 19.4. The van der Waals surface area contributed by atoms with Gasteiger partial charge in [-0.2, -0.15) is 0 Å². The van der Waals surface area contributed by atoms with Crippen molar-refractivity contribution in [2.45, 2.75) is 20.8 Å². The molecule has 0 radical (unpaired) electrons. The van der Waals surface area contributed by atoms with Gasteiger partial charge < -0.3 is 16.0 Å². The van der Waals surface area contributed by atoms with Crippen molar-refractivity contribution in [2.24, 2.45) is 11.7 Å². The van der Waals surface area contributed by atoms with E-state index in [2.05, 4.69) is 5.32 Å². The number of likely N-dealkylation sites (N-methyl/N-ethyl adjacent to an activating group) is 1. The Kier molecular flexibility index (Phi) is 7.99. The lowest BCUT2D eigenvalue weighted by Gasteiger charge is -2.20. The number of amides is 2. The third kappa shape index (κ3) is 5.36. The summed E-state index contributed by atoms with van der Waals surface area (Å²) in [6.45, 7) is 5.93. The van der Waals surface area contributed by atoms with Crippen LogP contribution in [0.4, 0.5) is 5.69 Å². The average Bonchev–Trinajstić information content (AvgIpc) is 2.41. The van der Waals surface area contributed by atoms with Gasteiger partial charge in [0.25, 0.3) is 0 Å². The number of carbonyl (C=O) groups excluding carboxylic acids is 2. The van der Waals surface area contributed by atoms with Gasteiger partial charge in [-0.25, -0.2) is 0 Å². The molecule has 0 aliphatic rings. The van der Waals surface area contributed by atoms with E-state index in [1.807, 2.05) is 32.0 Å². The number of halogens is 1. The number of para-hydroxylation sites is 1. The third-order valence-corrected chi connectivity index (χ3v) is 3.28. The van der Waals surface area contributed by atoms with Gasteiger partial charge in [0.15, 0.2) is 0 Å². The maximum Gasteiger partial charge on any atom is 0.243 e. The summed E-state index contributed by atoms with van der Waals surface area (Å²) >= 11 is 0. The Morgan fingerprint density at radius 2 is 1.81 bits per heavy atom. The molecule has 0 spiro atoms. The van der Waals surface area contributed by atoms with E-state index in [1.165, 1.54) is 4.90 Å². The molecule has 0 fully saturated rings. The van der Waals surface area contributed by atoms with E-state index in [1.54, 1.807) is 14.0 Å². The zero-order chi connectivity index (χ0) is 15.3. The fourth-order valence-corrected chi connectivity index (χ4v) is 1.96. The first-order valence-corrected chi connectivity index (χ1v) is 6.68. The maximum absolute atomic E-state index is 12.0. The van der Waals surface area contributed by atoms with Crippen LogP contribution in [-0.2, 0) is 9.59 Å². The number of benzene rings is 1. The molecule has 0 saturated carbocycles. The topological polar surface area (TPSA) is 75.4 Å². The van der Waals surface area contributed by atoms with Crippen LogP contribution in [0.15, 0.2) is 18.2 Å². The third-order valence-electron chi connectivity index (χ3n) is 3.28. The van der Waals surface area contributed by atoms with E-state index in [4.69, 9.17) is 5.73 Å². The molecule has 21 heavy (non-hydrogen) atoms. The monoisotopic (exact) mass is 313 g/mol. The van der Waals surface area contributed by atoms with E-state index in [-0.39, 0.29) is 43.2 Å². The number of hydrogen-bond acceptors (Lipinski definition) is 3. The standard InChI is InChI=1S/C15H23N3O2.ClH/c1-10-6-5-7-11(2)14(10)17-13(19)9-18(4)15(20)12(3)8-16;/h5-7,12H,8-9,16H2,1-4H3,(H,17,19);1H. The van der Waals surface area contributed by atoms with Gasteiger partial charge in [0.1, 0.15) is 0 Å². The van der Waals surface area contributed by atoms with E-state index in [9.17, 15) is 9.59 Å². The molecule has 0 bridgehead atoms. The fourth-order valence-electron chi connectivity index (χ4n) is 1.96. The maximum atomic E-state index is 12.0. The number of aryl methyl sites for hydroxylation is 2. The largest absolute Gasteiger partial charge is 0.336 e. The molecule has 1 aromatic rings. The molecule has 6 heteroatoms.